The minimum Gasteiger partial charge on any atom is -0.465 e. The van der Waals surface area contributed by atoms with Crippen LogP contribution < -0.4 is 4.72 Å². The maximum absolute atomic E-state index is 12.2. The molecule has 1 unspecified atom stereocenters. The van der Waals surface area contributed by atoms with Crippen LogP contribution in [0.1, 0.15) is 25.0 Å². The number of hydrogen-bond acceptors (Lipinski definition) is 4. The van der Waals surface area contributed by atoms with Crippen molar-refractivity contribution in [2.75, 3.05) is 19.3 Å². The molecule has 1 aliphatic heterocycles. The SMILES string of the molecule is CS(=O)(=O)NCC1CCCCN1C(=O)C=Cc1ccco1. The minimum absolute atomic E-state index is 0.0952. The maximum atomic E-state index is 12.2. The molecule has 2 heterocycles. The molecule has 1 fully saturated rings. The molecule has 1 aliphatic rings. The van der Waals surface area contributed by atoms with Crippen molar-refractivity contribution in [3.8, 4) is 0 Å². The summed E-state index contributed by atoms with van der Waals surface area (Å²) < 4.78 is 30.0. The summed E-state index contributed by atoms with van der Waals surface area (Å²) >= 11 is 0. The number of furan rings is 1. The van der Waals surface area contributed by atoms with E-state index in [1.54, 1.807) is 29.4 Å². The van der Waals surface area contributed by atoms with Crippen LogP contribution in [0.3, 0.4) is 0 Å². The standard InChI is InChI=1S/C14H20N2O4S/c1-21(18,19)15-11-12-5-2-3-9-16(12)14(17)8-7-13-6-4-10-20-13/h4,6-8,10,12,15H,2-3,5,9,11H2,1H3. The number of hydrogen-bond donors (Lipinski definition) is 1. The van der Waals surface area contributed by atoms with Crippen LogP contribution in [0, 0.1) is 0 Å². The molecular weight excluding hydrogens is 292 g/mol. The molecule has 21 heavy (non-hydrogen) atoms. The molecule has 0 saturated carbocycles. The number of carbonyl (C=O) groups is 1. The zero-order chi connectivity index (χ0) is 15.3. The summed E-state index contributed by atoms with van der Waals surface area (Å²) in [7, 11) is -3.24. The van der Waals surface area contributed by atoms with E-state index in [4.69, 9.17) is 4.42 Å². The van der Waals surface area contributed by atoms with Gasteiger partial charge < -0.3 is 9.32 Å². The average molecular weight is 312 g/mol. The van der Waals surface area contributed by atoms with Gasteiger partial charge in [-0.1, -0.05) is 0 Å². The van der Waals surface area contributed by atoms with Gasteiger partial charge in [-0.15, -0.1) is 0 Å². The molecule has 1 saturated heterocycles. The van der Waals surface area contributed by atoms with Crippen LogP contribution >= 0.6 is 0 Å². The lowest BCUT2D eigenvalue weighted by Gasteiger charge is -2.35. The number of likely N-dealkylation sites (tertiary alicyclic amines) is 1. The van der Waals surface area contributed by atoms with Crippen LogP contribution in [0.5, 0.6) is 0 Å². The number of amides is 1. The first kappa shape index (κ1) is 15.8. The van der Waals surface area contributed by atoms with Gasteiger partial charge in [-0.3, -0.25) is 4.79 Å². The Morgan fingerprint density at radius 1 is 1.52 bits per heavy atom. The molecule has 1 N–H and O–H groups in total. The van der Waals surface area contributed by atoms with Crippen molar-refractivity contribution in [2.24, 2.45) is 0 Å². The van der Waals surface area contributed by atoms with Gasteiger partial charge in [0.25, 0.3) is 0 Å². The van der Waals surface area contributed by atoms with Gasteiger partial charge in [0.05, 0.1) is 12.5 Å². The average Bonchev–Trinajstić information content (AvgIpc) is 2.95. The van der Waals surface area contributed by atoms with Gasteiger partial charge in [0.2, 0.25) is 15.9 Å². The fraction of sp³-hybridized carbons (Fsp3) is 0.500. The summed E-state index contributed by atoms with van der Waals surface area (Å²) in [5.74, 6) is 0.498. The quantitative estimate of drug-likeness (QED) is 0.829. The van der Waals surface area contributed by atoms with E-state index in [0.717, 1.165) is 25.5 Å². The Kier molecular flexibility index (Phi) is 5.19. The molecule has 6 nitrogen and oxygen atoms in total. The molecule has 0 spiro atoms. The largest absolute Gasteiger partial charge is 0.465 e. The molecule has 0 bridgehead atoms. The molecule has 2 rings (SSSR count). The van der Waals surface area contributed by atoms with Crippen molar-refractivity contribution >= 4 is 22.0 Å². The Hall–Kier alpha value is -1.60. The van der Waals surface area contributed by atoms with E-state index in [1.807, 2.05) is 0 Å². The van der Waals surface area contributed by atoms with Gasteiger partial charge in [-0.05, 0) is 37.5 Å². The van der Waals surface area contributed by atoms with E-state index in [-0.39, 0.29) is 18.5 Å². The zero-order valence-corrected chi connectivity index (χ0v) is 12.8. The molecule has 116 valence electrons. The van der Waals surface area contributed by atoms with E-state index < -0.39 is 10.0 Å². The summed E-state index contributed by atoms with van der Waals surface area (Å²) in [6.45, 7) is 0.913. The lowest BCUT2D eigenvalue weighted by molar-refractivity contribution is -0.129. The van der Waals surface area contributed by atoms with Gasteiger partial charge in [-0.25, -0.2) is 13.1 Å². The van der Waals surface area contributed by atoms with Gasteiger partial charge in [0.15, 0.2) is 0 Å². The summed E-state index contributed by atoms with van der Waals surface area (Å²) in [6, 6.07) is 3.43. The van der Waals surface area contributed by atoms with Crippen LogP contribution in [-0.2, 0) is 14.8 Å². The Morgan fingerprint density at radius 2 is 2.33 bits per heavy atom. The maximum Gasteiger partial charge on any atom is 0.246 e. The summed E-state index contributed by atoms with van der Waals surface area (Å²) in [6.07, 6.45) is 8.51. The number of nitrogens with one attached hydrogen (secondary N) is 1. The van der Waals surface area contributed by atoms with Crippen LogP contribution in [0.25, 0.3) is 6.08 Å². The number of nitrogens with zero attached hydrogens (tertiary/aromatic N) is 1. The third-order valence-corrected chi connectivity index (χ3v) is 4.12. The summed E-state index contributed by atoms with van der Waals surface area (Å²) in [5.41, 5.74) is 0. The first-order valence-corrected chi connectivity index (χ1v) is 8.82. The second kappa shape index (κ2) is 6.91. The van der Waals surface area contributed by atoms with Crippen LogP contribution in [0.4, 0.5) is 0 Å². The van der Waals surface area contributed by atoms with Crippen molar-refractivity contribution in [1.82, 2.24) is 9.62 Å². The van der Waals surface area contributed by atoms with E-state index in [1.165, 1.54) is 6.08 Å². The molecule has 0 aromatic carbocycles. The highest BCUT2D eigenvalue weighted by Crippen LogP contribution is 2.17. The van der Waals surface area contributed by atoms with Crippen LogP contribution in [0.15, 0.2) is 28.9 Å². The fourth-order valence-electron chi connectivity index (χ4n) is 2.39. The Morgan fingerprint density at radius 3 is 3.00 bits per heavy atom. The third-order valence-electron chi connectivity index (χ3n) is 3.42. The Balaban J connectivity index is 1.98. The van der Waals surface area contributed by atoms with Crippen molar-refractivity contribution in [3.05, 3.63) is 30.2 Å². The lowest BCUT2D eigenvalue weighted by atomic mass is 10.0. The number of sulfonamides is 1. The summed E-state index contributed by atoms with van der Waals surface area (Å²) in [4.78, 5) is 14.0. The molecule has 7 heteroatoms. The third kappa shape index (κ3) is 5.02. The Labute approximate surface area is 124 Å². The van der Waals surface area contributed by atoms with Gasteiger partial charge in [-0.2, -0.15) is 0 Å². The molecule has 0 aliphatic carbocycles. The minimum atomic E-state index is -3.24. The normalized spacial score (nSPS) is 20.0. The van der Waals surface area contributed by atoms with E-state index >= 15 is 0 Å². The number of piperidine rings is 1. The smallest absolute Gasteiger partial charge is 0.246 e. The summed E-state index contributed by atoms with van der Waals surface area (Å²) in [5, 5.41) is 0. The van der Waals surface area contributed by atoms with Crippen molar-refractivity contribution in [3.63, 3.8) is 0 Å². The van der Waals surface area contributed by atoms with E-state index in [2.05, 4.69) is 4.72 Å². The van der Waals surface area contributed by atoms with Gasteiger partial charge in [0, 0.05) is 25.2 Å². The van der Waals surface area contributed by atoms with Gasteiger partial charge >= 0.3 is 0 Å². The number of carbonyl (C=O) groups excluding carboxylic acids is 1. The molecule has 1 amide bonds. The lowest BCUT2D eigenvalue weighted by Crippen LogP contribution is -2.48. The predicted octanol–water partition coefficient (Wildman–Crippen LogP) is 1.22. The molecule has 1 aromatic rings. The second-order valence-electron chi connectivity index (χ2n) is 5.15. The highest BCUT2D eigenvalue weighted by atomic mass is 32.2. The van der Waals surface area contributed by atoms with E-state index in [0.29, 0.717) is 12.3 Å². The first-order valence-electron chi connectivity index (χ1n) is 6.92. The fourth-order valence-corrected chi connectivity index (χ4v) is 2.88. The monoisotopic (exact) mass is 312 g/mol. The zero-order valence-electron chi connectivity index (χ0n) is 12.0. The Bertz CT molecular complexity index is 593. The highest BCUT2D eigenvalue weighted by molar-refractivity contribution is 7.88. The van der Waals surface area contributed by atoms with Crippen molar-refractivity contribution in [1.29, 1.82) is 0 Å². The second-order valence-corrected chi connectivity index (χ2v) is 6.98. The van der Waals surface area contributed by atoms with Gasteiger partial charge in [0.1, 0.15) is 5.76 Å². The molecular formula is C14H20N2O4S. The van der Waals surface area contributed by atoms with Crippen molar-refractivity contribution in [2.45, 2.75) is 25.3 Å². The number of rotatable bonds is 5. The van der Waals surface area contributed by atoms with Crippen molar-refractivity contribution < 1.29 is 17.6 Å². The highest BCUT2D eigenvalue weighted by Gasteiger charge is 2.25. The van der Waals surface area contributed by atoms with Crippen LogP contribution in [0.2, 0.25) is 0 Å². The molecule has 0 radical (unpaired) electrons. The first-order chi connectivity index (χ1) is 9.96. The van der Waals surface area contributed by atoms with E-state index in [9.17, 15) is 13.2 Å². The topological polar surface area (TPSA) is 79.6 Å². The predicted molar refractivity (Wildman–Crippen MR) is 79.9 cm³/mol. The van der Waals surface area contributed by atoms with Crippen LogP contribution in [-0.4, -0.2) is 44.6 Å². The molecule has 1 atom stereocenters. The molecule has 1 aromatic heterocycles.